The zero-order chi connectivity index (χ0) is 36.3. The molecule has 0 amide bonds. The first-order valence-corrected chi connectivity index (χ1v) is 20.5. The molecule has 0 aromatic carbocycles. The smallest absolute Gasteiger partial charge is 0.306 e. The lowest BCUT2D eigenvalue weighted by atomic mass is 10.1. The molecule has 0 saturated carbocycles. The quantitative estimate of drug-likeness (QED) is 0.0399. The molecule has 0 aliphatic carbocycles. The summed E-state index contributed by atoms with van der Waals surface area (Å²) in [5, 5.41) is 19.2. The van der Waals surface area contributed by atoms with E-state index in [9.17, 15) is 19.8 Å². The standard InChI is InChI=1S/C43H75NO6/c1-3-5-7-9-11-13-15-17-19-21-23-25-27-29-31-33-42(47)49-40-36-44(35-39(46)38-45)37-41(40)50-43(48)34-32-30-28-26-24-22-20-18-16-14-12-10-8-6-4-2/h11-14,17-20,39-41,45-46H,3-10,15-16,21-38H2,1-2H3/b13-11-,14-12-,19-17-,20-18-/t39?,40-,41-/m1/s1. The Balaban J connectivity index is 2.22. The average molecular weight is 702 g/mol. The Morgan fingerprint density at radius 1 is 0.580 bits per heavy atom. The van der Waals surface area contributed by atoms with Crippen LogP contribution in [0.25, 0.3) is 0 Å². The van der Waals surface area contributed by atoms with E-state index in [1.54, 1.807) is 0 Å². The Hall–Kier alpha value is -2.22. The fourth-order valence-corrected chi connectivity index (χ4v) is 6.17. The summed E-state index contributed by atoms with van der Waals surface area (Å²) < 4.78 is 11.6. The van der Waals surface area contributed by atoms with Crippen LogP contribution in [-0.2, 0) is 19.1 Å². The Labute approximate surface area is 306 Å². The number of aliphatic hydroxyl groups is 2. The van der Waals surface area contributed by atoms with Crippen LogP contribution in [0.4, 0.5) is 0 Å². The first-order valence-electron chi connectivity index (χ1n) is 20.5. The topological polar surface area (TPSA) is 96.3 Å². The van der Waals surface area contributed by atoms with Crippen molar-refractivity contribution in [2.45, 2.75) is 186 Å². The summed E-state index contributed by atoms with van der Waals surface area (Å²) in [6, 6.07) is 0. The van der Waals surface area contributed by atoms with Gasteiger partial charge in [-0.1, -0.05) is 127 Å². The molecule has 0 spiro atoms. The van der Waals surface area contributed by atoms with Crippen molar-refractivity contribution < 1.29 is 29.3 Å². The Morgan fingerprint density at radius 3 is 1.32 bits per heavy atom. The lowest BCUT2D eigenvalue weighted by Crippen LogP contribution is -2.33. The van der Waals surface area contributed by atoms with Crippen LogP contribution in [0.1, 0.15) is 168 Å². The fraction of sp³-hybridized carbons (Fsp3) is 0.767. The van der Waals surface area contributed by atoms with Gasteiger partial charge in [-0.15, -0.1) is 0 Å². The molecule has 1 fully saturated rings. The molecular weight excluding hydrogens is 626 g/mol. The number of ether oxygens (including phenoxy) is 2. The van der Waals surface area contributed by atoms with Gasteiger partial charge < -0.3 is 19.7 Å². The molecule has 1 heterocycles. The number of hydrogen-bond acceptors (Lipinski definition) is 7. The maximum atomic E-state index is 12.7. The van der Waals surface area contributed by atoms with E-state index >= 15 is 0 Å². The largest absolute Gasteiger partial charge is 0.457 e. The van der Waals surface area contributed by atoms with Gasteiger partial charge in [0.05, 0.1) is 12.7 Å². The molecule has 7 heteroatoms. The van der Waals surface area contributed by atoms with Crippen molar-refractivity contribution >= 4 is 11.9 Å². The second-order valence-electron chi connectivity index (χ2n) is 14.1. The lowest BCUT2D eigenvalue weighted by Gasteiger charge is -2.19. The minimum atomic E-state index is -0.888. The minimum Gasteiger partial charge on any atom is -0.457 e. The van der Waals surface area contributed by atoms with Crippen LogP contribution in [0.5, 0.6) is 0 Å². The predicted molar refractivity (Wildman–Crippen MR) is 208 cm³/mol. The van der Waals surface area contributed by atoms with Gasteiger partial charge in [0.2, 0.25) is 0 Å². The number of carbonyl (C=O) groups excluding carboxylic acids is 2. The van der Waals surface area contributed by atoms with Gasteiger partial charge in [0.15, 0.2) is 12.2 Å². The van der Waals surface area contributed by atoms with Gasteiger partial charge in [0.1, 0.15) is 0 Å². The molecule has 0 radical (unpaired) electrons. The van der Waals surface area contributed by atoms with Gasteiger partial charge in [-0.2, -0.15) is 0 Å². The molecular formula is C43H75NO6. The van der Waals surface area contributed by atoms with Gasteiger partial charge >= 0.3 is 11.9 Å². The molecule has 0 aromatic rings. The fourth-order valence-electron chi connectivity index (χ4n) is 6.17. The van der Waals surface area contributed by atoms with Crippen molar-refractivity contribution in [1.29, 1.82) is 0 Å². The first kappa shape index (κ1) is 45.8. The van der Waals surface area contributed by atoms with Crippen LogP contribution in [0.3, 0.4) is 0 Å². The second-order valence-corrected chi connectivity index (χ2v) is 14.1. The van der Waals surface area contributed by atoms with E-state index in [2.05, 4.69) is 62.5 Å². The molecule has 50 heavy (non-hydrogen) atoms. The highest BCUT2D eigenvalue weighted by molar-refractivity contribution is 5.70. The number of esters is 2. The molecule has 2 N–H and O–H groups in total. The number of nitrogens with zero attached hydrogens (tertiary/aromatic N) is 1. The number of unbranched alkanes of at least 4 members (excludes halogenated alkanes) is 16. The van der Waals surface area contributed by atoms with Crippen LogP contribution in [0, 0.1) is 0 Å². The minimum absolute atomic E-state index is 0.245. The van der Waals surface area contributed by atoms with E-state index in [0.717, 1.165) is 77.0 Å². The number of β-amino-alcohol motifs (C(OH)–C–C–N with tert-alkyl or cyclic N) is 1. The van der Waals surface area contributed by atoms with Crippen molar-refractivity contribution in [3.05, 3.63) is 48.6 Å². The number of carbonyl (C=O) groups is 2. The molecule has 1 aliphatic heterocycles. The van der Waals surface area contributed by atoms with E-state index in [-0.39, 0.29) is 25.1 Å². The third-order valence-electron chi connectivity index (χ3n) is 9.20. The summed E-state index contributed by atoms with van der Waals surface area (Å²) in [7, 11) is 0. The maximum absolute atomic E-state index is 12.7. The molecule has 0 aromatic heterocycles. The van der Waals surface area contributed by atoms with Crippen molar-refractivity contribution in [2.24, 2.45) is 0 Å². The Bertz CT molecular complexity index is 860. The van der Waals surface area contributed by atoms with Crippen LogP contribution >= 0.6 is 0 Å². The van der Waals surface area contributed by atoms with Crippen LogP contribution in [0.15, 0.2) is 48.6 Å². The van der Waals surface area contributed by atoms with E-state index in [1.165, 1.54) is 64.2 Å². The lowest BCUT2D eigenvalue weighted by molar-refractivity contribution is -0.164. The van der Waals surface area contributed by atoms with Gasteiger partial charge in [-0.3, -0.25) is 14.5 Å². The van der Waals surface area contributed by atoms with E-state index < -0.39 is 18.3 Å². The summed E-state index contributed by atoms with van der Waals surface area (Å²) in [6.07, 6.45) is 41.6. The number of aliphatic hydroxyl groups excluding tert-OH is 2. The highest BCUT2D eigenvalue weighted by Gasteiger charge is 2.38. The summed E-state index contributed by atoms with van der Waals surface area (Å²) in [4.78, 5) is 27.3. The Kier molecular flexibility index (Phi) is 31.1. The van der Waals surface area contributed by atoms with E-state index in [1.807, 2.05) is 4.90 Å². The van der Waals surface area contributed by atoms with E-state index in [0.29, 0.717) is 25.9 Å². The summed E-state index contributed by atoms with van der Waals surface area (Å²) in [5.74, 6) is -0.528. The molecule has 0 bridgehead atoms. The number of allylic oxidation sites excluding steroid dienone is 8. The van der Waals surface area contributed by atoms with Crippen molar-refractivity contribution in [1.82, 2.24) is 4.90 Å². The SMILES string of the molecule is CCCCC/C=C\C/C=C\CCCCCCCC(=O)O[C@@H]1CN(CC(O)CO)C[C@H]1OC(=O)CCCCCCC/C=C\C/C=C\CCCCC. The number of likely N-dealkylation sites (tertiary alicyclic amines) is 1. The van der Waals surface area contributed by atoms with Crippen LogP contribution in [0.2, 0.25) is 0 Å². The van der Waals surface area contributed by atoms with Crippen LogP contribution < -0.4 is 0 Å². The molecule has 1 rings (SSSR count). The molecule has 1 saturated heterocycles. The molecule has 3 atom stereocenters. The van der Waals surface area contributed by atoms with Gasteiger partial charge in [0.25, 0.3) is 0 Å². The zero-order valence-corrected chi connectivity index (χ0v) is 32.1. The third-order valence-corrected chi connectivity index (χ3v) is 9.20. The monoisotopic (exact) mass is 702 g/mol. The van der Waals surface area contributed by atoms with Gasteiger partial charge in [0, 0.05) is 32.5 Å². The summed E-state index contributed by atoms with van der Waals surface area (Å²) in [5.41, 5.74) is 0. The Morgan fingerprint density at radius 2 is 0.940 bits per heavy atom. The molecule has 7 nitrogen and oxygen atoms in total. The molecule has 1 aliphatic rings. The maximum Gasteiger partial charge on any atom is 0.306 e. The first-order chi connectivity index (χ1) is 24.5. The summed E-state index contributed by atoms with van der Waals surface area (Å²) in [6.45, 7) is 5.13. The predicted octanol–water partition coefficient (Wildman–Crippen LogP) is 10.1. The van der Waals surface area contributed by atoms with Gasteiger partial charge in [-0.05, 0) is 77.0 Å². The number of hydrogen-bond donors (Lipinski definition) is 2. The summed E-state index contributed by atoms with van der Waals surface area (Å²) >= 11 is 0. The van der Waals surface area contributed by atoms with Crippen molar-refractivity contribution in [3.8, 4) is 0 Å². The highest BCUT2D eigenvalue weighted by Crippen LogP contribution is 2.20. The van der Waals surface area contributed by atoms with Crippen molar-refractivity contribution in [2.75, 3.05) is 26.2 Å². The molecule has 288 valence electrons. The van der Waals surface area contributed by atoms with E-state index in [4.69, 9.17) is 9.47 Å². The second kappa shape index (κ2) is 33.9. The number of rotatable bonds is 33. The third kappa shape index (κ3) is 27.5. The highest BCUT2D eigenvalue weighted by atomic mass is 16.6. The van der Waals surface area contributed by atoms with Crippen molar-refractivity contribution in [3.63, 3.8) is 0 Å². The molecule has 1 unspecified atom stereocenters. The zero-order valence-electron chi connectivity index (χ0n) is 32.1. The van der Waals surface area contributed by atoms with Gasteiger partial charge in [-0.25, -0.2) is 0 Å². The average Bonchev–Trinajstić information content (AvgIpc) is 3.47. The normalized spacial score (nSPS) is 17.6. The van der Waals surface area contributed by atoms with Crippen LogP contribution in [-0.4, -0.2) is 71.6 Å².